The summed E-state index contributed by atoms with van der Waals surface area (Å²) in [4.78, 5) is 25.2. The summed E-state index contributed by atoms with van der Waals surface area (Å²) < 4.78 is 10.0. The topological polar surface area (TPSA) is 52.6 Å². The number of aryl methyl sites for hydroxylation is 2. The van der Waals surface area contributed by atoms with Gasteiger partial charge in [-0.1, -0.05) is 23.8 Å². The van der Waals surface area contributed by atoms with E-state index < -0.39 is 11.9 Å². The van der Waals surface area contributed by atoms with Crippen molar-refractivity contribution in [2.75, 3.05) is 13.2 Å². The molecule has 2 rings (SSSR count). The number of ether oxygens (including phenoxy) is 2. The normalized spacial score (nSPS) is 10.3. The van der Waals surface area contributed by atoms with Gasteiger partial charge in [0.2, 0.25) is 0 Å². The second-order valence-corrected chi connectivity index (χ2v) is 6.86. The fourth-order valence-corrected chi connectivity index (χ4v) is 3.42. The van der Waals surface area contributed by atoms with Gasteiger partial charge in [-0.25, -0.2) is 9.59 Å². The van der Waals surface area contributed by atoms with Crippen LogP contribution in [0.5, 0.6) is 0 Å². The van der Waals surface area contributed by atoms with Gasteiger partial charge in [-0.15, -0.1) is 11.3 Å². The summed E-state index contributed by atoms with van der Waals surface area (Å²) in [5.41, 5.74) is 4.64. The van der Waals surface area contributed by atoms with Crippen LogP contribution >= 0.6 is 11.3 Å². The fraction of sp³-hybridized carbons (Fsp3) is 0.333. The average molecular weight is 372 g/mol. The van der Waals surface area contributed by atoms with Crippen LogP contribution in [0.3, 0.4) is 0 Å². The lowest BCUT2D eigenvalue weighted by atomic mass is 9.98. The van der Waals surface area contributed by atoms with Crippen LogP contribution in [0.1, 0.15) is 41.0 Å². The number of carbonyl (C=O) groups is 2. The first-order valence-electron chi connectivity index (χ1n) is 8.64. The molecule has 0 aliphatic carbocycles. The van der Waals surface area contributed by atoms with Crippen molar-refractivity contribution in [3.8, 4) is 0 Å². The van der Waals surface area contributed by atoms with Gasteiger partial charge in [0.25, 0.3) is 0 Å². The molecule has 0 amide bonds. The summed E-state index contributed by atoms with van der Waals surface area (Å²) in [6, 6.07) is 8.38. The highest BCUT2D eigenvalue weighted by atomic mass is 32.1. The Labute approximate surface area is 158 Å². The van der Waals surface area contributed by atoms with Gasteiger partial charge in [-0.2, -0.15) is 0 Å². The minimum atomic E-state index is -0.656. The van der Waals surface area contributed by atoms with Gasteiger partial charge in [-0.05, 0) is 68.3 Å². The Hall–Kier alpha value is -2.40. The zero-order valence-corrected chi connectivity index (χ0v) is 16.4. The zero-order valence-electron chi connectivity index (χ0n) is 15.6. The Morgan fingerprint density at radius 1 is 1.00 bits per heavy atom. The Morgan fingerprint density at radius 2 is 1.65 bits per heavy atom. The van der Waals surface area contributed by atoms with E-state index in [0.717, 1.165) is 16.9 Å². The molecule has 138 valence electrons. The molecule has 0 saturated carbocycles. The zero-order chi connectivity index (χ0) is 19.1. The largest absolute Gasteiger partial charge is 0.462 e. The van der Waals surface area contributed by atoms with Crippen molar-refractivity contribution >= 4 is 29.4 Å². The van der Waals surface area contributed by atoms with Crippen molar-refractivity contribution in [3.05, 3.63) is 62.3 Å². The van der Waals surface area contributed by atoms with Crippen LogP contribution in [0.4, 0.5) is 0 Å². The quantitative estimate of drug-likeness (QED) is 0.311. The molecule has 0 fully saturated rings. The summed E-state index contributed by atoms with van der Waals surface area (Å²) in [6.07, 6.45) is 2.32. The molecule has 0 spiro atoms. The van der Waals surface area contributed by atoms with Crippen LogP contribution in [-0.4, -0.2) is 25.2 Å². The SMILES string of the molecule is CCOC(=O)C(=Cc1sccc1Cc1cc(C)ccc1C)C(=O)OCC. The van der Waals surface area contributed by atoms with E-state index in [1.165, 1.54) is 28.0 Å². The molecule has 0 N–H and O–H groups in total. The standard InChI is InChI=1S/C21H24O4S/c1-5-24-20(22)18(21(23)25-6-2)13-19-16(9-10-26-19)12-17-11-14(3)7-8-15(17)4/h7-11,13H,5-6,12H2,1-4H3. The number of hydrogen-bond acceptors (Lipinski definition) is 5. The molecule has 0 aliphatic heterocycles. The van der Waals surface area contributed by atoms with Gasteiger partial charge in [0.05, 0.1) is 13.2 Å². The van der Waals surface area contributed by atoms with Crippen molar-refractivity contribution in [1.29, 1.82) is 0 Å². The lowest BCUT2D eigenvalue weighted by Crippen LogP contribution is -2.18. The Balaban J connectivity index is 2.36. The molecule has 0 bridgehead atoms. The molecule has 4 nitrogen and oxygen atoms in total. The first kappa shape index (κ1) is 19.9. The molecule has 0 atom stereocenters. The third kappa shape index (κ3) is 5.05. The lowest BCUT2D eigenvalue weighted by Gasteiger charge is -2.09. The predicted octanol–water partition coefficient (Wildman–Crippen LogP) is 4.47. The minimum absolute atomic E-state index is 0.0710. The van der Waals surface area contributed by atoms with Crippen molar-refractivity contribution in [3.63, 3.8) is 0 Å². The molecule has 26 heavy (non-hydrogen) atoms. The Kier molecular flexibility index (Phi) is 7.16. The first-order chi connectivity index (χ1) is 12.5. The van der Waals surface area contributed by atoms with E-state index in [9.17, 15) is 9.59 Å². The number of rotatable bonds is 7. The highest BCUT2D eigenvalue weighted by molar-refractivity contribution is 7.11. The van der Waals surface area contributed by atoms with Crippen molar-refractivity contribution in [2.45, 2.75) is 34.1 Å². The van der Waals surface area contributed by atoms with E-state index in [4.69, 9.17) is 9.47 Å². The van der Waals surface area contributed by atoms with E-state index >= 15 is 0 Å². The van der Waals surface area contributed by atoms with Crippen LogP contribution in [0, 0.1) is 13.8 Å². The Morgan fingerprint density at radius 3 is 2.27 bits per heavy atom. The van der Waals surface area contributed by atoms with Crippen molar-refractivity contribution in [1.82, 2.24) is 0 Å². The van der Waals surface area contributed by atoms with Crippen LogP contribution in [0.2, 0.25) is 0 Å². The third-order valence-electron chi connectivity index (χ3n) is 3.93. The second-order valence-electron chi connectivity index (χ2n) is 5.92. The number of thiophene rings is 1. The first-order valence-corrected chi connectivity index (χ1v) is 9.52. The average Bonchev–Trinajstić information content (AvgIpc) is 3.03. The highest BCUT2D eigenvalue weighted by Crippen LogP contribution is 2.25. The predicted molar refractivity (Wildman–Crippen MR) is 104 cm³/mol. The maximum Gasteiger partial charge on any atom is 0.345 e. The van der Waals surface area contributed by atoms with E-state index in [1.54, 1.807) is 19.9 Å². The summed E-state index contributed by atoms with van der Waals surface area (Å²) in [7, 11) is 0. The van der Waals surface area contributed by atoms with Gasteiger partial charge in [0.15, 0.2) is 0 Å². The smallest absolute Gasteiger partial charge is 0.345 e. The monoisotopic (exact) mass is 372 g/mol. The van der Waals surface area contributed by atoms with Crippen LogP contribution in [0.25, 0.3) is 6.08 Å². The number of carbonyl (C=O) groups excluding carboxylic acids is 2. The molecule has 5 heteroatoms. The lowest BCUT2D eigenvalue weighted by molar-refractivity contribution is -0.146. The summed E-state index contributed by atoms with van der Waals surface area (Å²) in [5, 5.41) is 1.96. The summed E-state index contributed by atoms with van der Waals surface area (Å²) >= 11 is 1.49. The van der Waals surface area contributed by atoms with Gasteiger partial charge in [-0.3, -0.25) is 0 Å². The molecule has 0 unspecified atom stereocenters. The molecular weight excluding hydrogens is 348 g/mol. The summed E-state index contributed by atoms with van der Waals surface area (Å²) in [5.74, 6) is -1.31. The Bertz CT molecular complexity index is 797. The molecular formula is C21H24O4S. The molecule has 1 aromatic heterocycles. The maximum atomic E-state index is 12.2. The number of hydrogen-bond donors (Lipinski definition) is 0. The maximum absolute atomic E-state index is 12.2. The van der Waals surface area contributed by atoms with Gasteiger partial charge >= 0.3 is 11.9 Å². The van der Waals surface area contributed by atoms with Crippen LogP contribution in [-0.2, 0) is 25.5 Å². The number of esters is 2. The third-order valence-corrected chi connectivity index (χ3v) is 4.84. The molecule has 1 aromatic carbocycles. The van der Waals surface area contributed by atoms with E-state index in [2.05, 4.69) is 32.0 Å². The van der Waals surface area contributed by atoms with Gasteiger partial charge in [0, 0.05) is 4.88 Å². The molecule has 0 radical (unpaired) electrons. The van der Waals surface area contributed by atoms with Crippen LogP contribution < -0.4 is 0 Å². The van der Waals surface area contributed by atoms with Crippen LogP contribution in [0.15, 0.2) is 35.2 Å². The van der Waals surface area contributed by atoms with Crippen molar-refractivity contribution in [2.24, 2.45) is 0 Å². The van der Waals surface area contributed by atoms with Gasteiger partial charge < -0.3 is 9.47 Å². The van der Waals surface area contributed by atoms with Crippen molar-refractivity contribution < 1.29 is 19.1 Å². The minimum Gasteiger partial charge on any atom is -0.462 e. The van der Waals surface area contributed by atoms with Gasteiger partial charge in [0.1, 0.15) is 5.57 Å². The highest BCUT2D eigenvalue weighted by Gasteiger charge is 2.22. The molecule has 1 heterocycles. The molecule has 2 aromatic rings. The molecule has 0 saturated heterocycles. The second kappa shape index (κ2) is 9.34. The number of benzene rings is 1. The molecule has 0 aliphatic rings. The summed E-state index contributed by atoms with van der Waals surface area (Å²) in [6.45, 7) is 7.97. The van der Waals surface area contributed by atoms with E-state index in [-0.39, 0.29) is 18.8 Å². The van der Waals surface area contributed by atoms with E-state index in [0.29, 0.717) is 0 Å². The fourth-order valence-electron chi connectivity index (χ4n) is 2.57. The van der Waals surface area contributed by atoms with E-state index in [1.807, 2.05) is 11.4 Å².